The largest absolute Gasteiger partial charge is 0.504 e. The summed E-state index contributed by atoms with van der Waals surface area (Å²) in [7, 11) is 1.29. The Hall–Kier alpha value is -2.91. The standard InChI is InChI=1S/C14H14O9/c1-23-9-6-7(2-4-8(9)15)3-5-10(16)14(22,13(20)21)11(17)12(18)19/h2-6,11,15,17,22H,1H3,(H,18,19)(H,20,21)/b5-3-. The van der Waals surface area contributed by atoms with Gasteiger partial charge in [0.25, 0.3) is 5.60 Å². The van der Waals surface area contributed by atoms with E-state index in [9.17, 15) is 29.7 Å². The molecule has 0 aliphatic carbocycles. The van der Waals surface area contributed by atoms with Gasteiger partial charge in [0.05, 0.1) is 7.11 Å². The number of ether oxygens (including phenoxy) is 1. The molecule has 0 aromatic heterocycles. The molecule has 0 bridgehead atoms. The topological polar surface area (TPSA) is 162 Å². The van der Waals surface area contributed by atoms with Crippen LogP contribution >= 0.6 is 0 Å². The van der Waals surface area contributed by atoms with Gasteiger partial charge in [-0.15, -0.1) is 0 Å². The van der Waals surface area contributed by atoms with Gasteiger partial charge in [-0.3, -0.25) is 4.79 Å². The Kier molecular flexibility index (Phi) is 5.44. The number of carboxylic acid groups (broad SMARTS) is 2. The number of aliphatic hydroxyl groups is 2. The molecule has 1 aromatic carbocycles. The maximum Gasteiger partial charge on any atom is 0.347 e. The fourth-order valence-corrected chi connectivity index (χ4v) is 1.63. The van der Waals surface area contributed by atoms with Gasteiger partial charge in [-0.25, -0.2) is 9.59 Å². The molecule has 1 rings (SSSR count). The quantitative estimate of drug-likeness (QED) is 0.320. The van der Waals surface area contributed by atoms with E-state index in [2.05, 4.69) is 0 Å². The van der Waals surface area contributed by atoms with Crippen LogP contribution in [0.3, 0.4) is 0 Å². The Bertz CT molecular complexity index is 664. The van der Waals surface area contributed by atoms with Crippen molar-refractivity contribution < 1.29 is 44.7 Å². The van der Waals surface area contributed by atoms with E-state index >= 15 is 0 Å². The zero-order chi connectivity index (χ0) is 17.8. The first kappa shape index (κ1) is 18.1. The molecular weight excluding hydrogens is 312 g/mol. The van der Waals surface area contributed by atoms with E-state index in [-0.39, 0.29) is 11.5 Å². The molecule has 23 heavy (non-hydrogen) atoms. The maximum absolute atomic E-state index is 11.8. The molecule has 0 heterocycles. The lowest BCUT2D eigenvalue weighted by atomic mass is 9.91. The predicted octanol–water partition coefficient (Wildman–Crippen LogP) is -0.756. The number of benzene rings is 1. The summed E-state index contributed by atoms with van der Waals surface area (Å²) in [5.74, 6) is -5.89. The number of aliphatic carboxylic acids is 2. The molecule has 2 unspecified atom stereocenters. The molecule has 9 heteroatoms. The number of aromatic hydroxyl groups is 1. The highest BCUT2D eigenvalue weighted by atomic mass is 16.5. The Labute approximate surface area is 129 Å². The van der Waals surface area contributed by atoms with Crippen LogP contribution in [0.25, 0.3) is 6.08 Å². The zero-order valence-corrected chi connectivity index (χ0v) is 11.8. The third-order valence-electron chi connectivity index (χ3n) is 2.96. The third kappa shape index (κ3) is 3.65. The van der Waals surface area contributed by atoms with Crippen molar-refractivity contribution >= 4 is 23.8 Å². The van der Waals surface area contributed by atoms with E-state index in [4.69, 9.17) is 14.9 Å². The second-order valence-corrected chi connectivity index (χ2v) is 4.44. The van der Waals surface area contributed by atoms with Gasteiger partial charge < -0.3 is 30.3 Å². The summed E-state index contributed by atoms with van der Waals surface area (Å²) >= 11 is 0. The summed E-state index contributed by atoms with van der Waals surface area (Å²) in [6.45, 7) is 0. The number of aliphatic hydroxyl groups excluding tert-OH is 1. The number of carbonyl (C=O) groups excluding carboxylic acids is 1. The van der Waals surface area contributed by atoms with Gasteiger partial charge in [-0.2, -0.15) is 0 Å². The van der Waals surface area contributed by atoms with Crippen molar-refractivity contribution in [1.29, 1.82) is 0 Å². The average molecular weight is 326 g/mol. The lowest BCUT2D eigenvalue weighted by Crippen LogP contribution is -2.58. The van der Waals surface area contributed by atoms with Crippen LogP contribution in [-0.4, -0.2) is 62.1 Å². The first-order chi connectivity index (χ1) is 10.6. The van der Waals surface area contributed by atoms with Crippen LogP contribution in [0.2, 0.25) is 0 Å². The molecule has 0 aliphatic heterocycles. The summed E-state index contributed by atoms with van der Waals surface area (Å²) in [5.41, 5.74) is -3.23. The van der Waals surface area contributed by atoms with Gasteiger partial charge in [0, 0.05) is 0 Å². The number of rotatable bonds is 7. The summed E-state index contributed by atoms with van der Waals surface area (Å²) in [5, 5.41) is 45.9. The summed E-state index contributed by atoms with van der Waals surface area (Å²) < 4.78 is 4.84. The minimum Gasteiger partial charge on any atom is -0.504 e. The molecule has 0 saturated carbocycles. The lowest BCUT2D eigenvalue weighted by Gasteiger charge is -2.22. The highest BCUT2D eigenvalue weighted by molar-refractivity contribution is 6.16. The highest BCUT2D eigenvalue weighted by Gasteiger charge is 2.53. The van der Waals surface area contributed by atoms with Crippen molar-refractivity contribution in [2.45, 2.75) is 11.7 Å². The molecule has 9 nitrogen and oxygen atoms in total. The smallest absolute Gasteiger partial charge is 0.347 e. The number of phenolic OH excluding ortho intramolecular Hbond substituents is 1. The zero-order valence-electron chi connectivity index (χ0n) is 11.8. The predicted molar refractivity (Wildman–Crippen MR) is 74.9 cm³/mol. The Morgan fingerprint density at radius 3 is 2.35 bits per heavy atom. The van der Waals surface area contributed by atoms with E-state index in [1.807, 2.05) is 0 Å². The lowest BCUT2D eigenvalue weighted by molar-refractivity contribution is -0.184. The van der Waals surface area contributed by atoms with Gasteiger partial charge in [0.15, 0.2) is 17.6 Å². The van der Waals surface area contributed by atoms with Crippen LogP contribution in [0.1, 0.15) is 5.56 Å². The number of ketones is 1. The Balaban J connectivity index is 3.13. The van der Waals surface area contributed by atoms with Crippen LogP contribution < -0.4 is 4.74 Å². The van der Waals surface area contributed by atoms with Crippen LogP contribution in [0.15, 0.2) is 24.3 Å². The number of methoxy groups -OCH3 is 1. The van der Waals surface area contributed by atoms with Gasteiger partial charge in [0.2, 0.25) is 5.78 Å². The van der Waals surface area contributed by atoms with Crippen LogP contribution in [0.5, 0.6) is 11.5 Å². The van der Waals surface area contributed by atoms with Crippen molar-refractivity contribution in [2.75, 3.05) is 7.11 Å². The van der Waals surface area contributed by atoms with Crippen molar-refractivity contribution in [3.05, 3.63) is 29.8 Å². The van der Waals surface area contributed by atoms with Gasteiger partial charge in [0.1, 0.15) is 0 Å². The van der Waals surface area contributed by atoms with E-state index in [1.54, 1.807) is 0 Å². The first-order valence-corrected chi connectivity index (χ1v) is 6.10. The minimum atomic E-state index is -3.52. The molecule has 0 aliphatic rings. The summed E-state index contributed by atoms with van der Waals surface area (Å²) in [4.78, 5) is 33.5. The van der Waals surface area contributed by atoms with Crippen molar-refractivity contribution in [1.82, 2.24) is 0 Å². The van der Waals surface area contributed by atoms with Gasteiger partial charge in [-0.05, 0) is 23.8 Å². The fourth-order valence-electron chi connectivity index (χ4n) is 1.63. The van der Waals surface area contributed by atoms with Crippen molar-refractivity contribution in [3.63, 3.8) is 0 Å². The fraction of sp³-hybridized carbons (Fsp3) is 0.214. The van der Waals surface area contributed by atoms with Crippen molar-refractivity contribution in [3.8, 4) is 11.5 Å². The SMILES string of the molecule is COc1cc(/C=C\C(=O)C(O)(C(=O)O)C(O)C(=O)O)ccc1O. The van der Waals surface area contributed by atoms with Crippen LogP contribution in [-0.2, 0) is 14.4 Å². The Morgan fingerprint density at radius 1 is 1.26 bits per heavy atom. The monoisotopic (exact) mass is 326 g/mol. The molecule has 0 saturated heterocycles. The highest BCUT2D eigenvalue weighted by Crippen LogP contribution is 2.27. The molecule has 0 amide bonds. The van der Waals surface area contributed by atoms with Crippen molar-refractivity contribution in [2.24, 2.45) is 0 Å². The van der Waals surface area contributed by atoms with Gasteiger partial charge >= 0.3 is 11.9 Å². The summed E-state index contributed by atoms with van der Waals surface area (Å²) in [6.07, 6.45) is -1.18. The molecule has 0 radical (unpaired) electrons. The molecule has 2 atom stereocenters. The number of hydrogen-bond donors (Lipinski definition) is 5. The molecular formula is C14H14O9. The summed E-state index contributed by atoms with van der Waals surface area (Å²) in [6, 6.07) is 3.92. The Morgan fingerprint density at radius 2 is 1.87 bits per heavy atom. The number of carboxylic acids is 2. The second kappa shape index (κ2) is 6.90. The van der Waals surface area contributed by atoms with E-state index < -0.39 is 29.4 Å². The van der Waals surface area contributed by atoms with Crippen LogP contribution in [0.4, 0.5) is 0 Å². The minimum absolute atomic E-state index is 0.0821. The third-order valence-corrected chi connectivity index (χ3v) is 2.96. The van der Waals surface area contributed by atoms with E-state index in [0.29, 0.717) is 11.6 Å². The molecule has 1 aromatic rings. The van der Waals surface area contributed by atoms with Crippen LogP contribution in [0, 0.1) is 0 Å². The second-order valence-electron chi connectivity index (χ2n) is 4.44. The number of carbonyl (C=O) groups is 3. The molecule has 5 N–H and O–H groups in total. The van der Waals surface area contributed by atoms with Gasteiger partial charge in [-0.1, -0.05) is 12.1 Å². The van der Waals surface area contributed by atoms with E-state index in [0.717, 1.165) is 6.08 Å². The maximum atomic E-state index is 11.8. The normalized spacial score (nSPS) is 14.9. The molecule has 0 spiro atoms. The number of phenols is 1. The first-order valence-electron chi connectivity index (χ1n) is 6.10. The number of hydrogen-bond acceptors (Lipinski definition) is 7. The average Bonchev–Trinajstić information content (AvgIpc) is 2.51. The molecule has 124 valence electrons. The molecule has 0 fully saturated rings. The van der Waals surface area contributed by atoms with E-state index in [1.165, 1.54) is 25.3 Å².